The van der Waals surface area contributed by atoms with E-state index in [1.54, 1.807) is 4.90 Å². The van der Waals surface area contributed by atoms with Crippen LogP contribution in [0.1, 0.15) is 31.2 Å². The fraction of sp³-hybridized carbons (Fsp3) is 0.500. The van der Waals surface area contributed by atoms with Crippen molar-refractivity contribution in [1.82, 2.24) is 10.2 Å². The fourth-order valence-electron chi connectivity index (χ4n) is 3.00. The summed E-state index contributed by atoms with van der Waals surface area (Å²) in [6.45, 7) is 3.04. The Labute approximate surface area is 143 Å². The maximum atomic E-state index is 12.6. The smallest absolute Gasteiger partial charge is 0.312 e. The third-order valence-corrected chi connectivity index (χ3v) is 4.10. The van der Waals surface area contributed by atoms with Crippen molar-refractivity contribution < 1.29 is 9.59 Å². The number of amides is 3. The molecule has 1 heterocycles. The maximum absolute atomic E-state index is 12.6. The summed E-state index contributed by atoms with van der Waals surface area (Å²) in [4.78, 5) is 25.4. The number of likely N-dealkylation sites (tertiary alicyclic amines) is 1. The number of rotatable bonds is 5. The van der Waals surface area contributed by atoms with Crippen LogP contribution in [0.25, 0.3) is 0 Å². The number of nitrogens with zero attached hydrogens (tertiary/aromatic N) is 1. The summed E-state index contributed by atoms with van der Waals surface area (Å²) in [6.07, 6.45) is 1.36. The van der Waals surface area contributed by atoms with Crippen LogP contribution in [0.2, 0.25) is 0 Å². The number of nitrogens with one attached hydrogen (secondary N) is 1. The molecule has 1 saturated heterocycles. The number of halogens is 1. The molecule has 1 aromatic rings. The van der Waals surface area contributed by atoms with Crippen LogP contribution in [0, 0.1) is 0 Å². The molecule has 0 bridgehead atoms. The van der Waals surface area contributed by atoms with Gasteiger partial charge in [0.2, 0.25) is 5.91 Å². The summed E-state index contributed by atoms with van der Waals surface area (Å²) >= 11 is 0. The zero-order chi connectivity index (χ0) is 16.1. The standard InChI is InChI=1S/C16H24N4O2.ClH/c1-2-6-14(19-16(18)22)15(21)20-9-12(13(17)10-20)11-7-4-3-5-8-11;/h3-5,7-8,12-14H,2,6,9-10,17H2,1H3,(H3,18,19,22);1H/t12-,13+,14+;/m0./s1. The van der Waals surface area contributed by atoms with Crippen LogP contribution in [0.4, 0.5) is 4.79 Å². The lowest BCUT2D eigenvalue weighted by Gasteiger charge is -2.23. The first-order valence-electron chi connectivity index (χ1n) is 7.68. The highest BCUT2D eigenvalue weighted by Crippen LogP contribution is 2.27. The third kappa shape index (κ3) is 4.84. The summed E-state index contributed by atoms with van der Waals surface area (Å²) in [5, 5.41) is 2.53. The molecule has 0 spiro atoms. The SMILES string of the molecule is CCC[C@@H](NC(N)=O)C(=O)N1C[C@@H](N)[C@H](c2ccccc2)C1.Cl. The Balaban J connectivity index is 0.00000264. The highest BCUT2D eigenvalue weighted by atomic mass is 35.5. The van der Waals surface area contributed by atoms with Crippen molar-refractivity contribution in [3.63, 3.8) is 0 Å². The Kier molecular flexibility index (Phi) is 7.32. The van der Waals surface area contributed by atoms with Crippen molar-refractivity contribution in [2.75, 3.05) is 13.1 Å². The first-order valence-corrected chi connectivity index (χ1v) is 7.68. The Morgan fingerprint density at radius 3 is 2.52 bits per heavy atom. The average molecular weight is 341 g/mol. The average Bonchev–Trinajstić information content (AvgIpc) is 2.88. The van der Waals surface area contributed by atoms with Gasteiger partial charge in [0.25, 0.3) is 0 Å². The molecule has 1 aliphatic rings. The minimum Gasteiger partial charge on any atom is -0.352 e. The van der Waals surface area contributed by atoms with Gasteiger partial charge in [0, 0.05) is 25.0 Å². The van der Waals surface area contributed by atoms with E-state index in [1.165, 1.54) is 0 Å². The van der Waals surface area contributed by atoms with Crippen LogP contribution in [0.5, 0.6) is 0 Å². The Bertz CT molecular complexity index is 526. The van der Waals surface area contributed by atoms with Crippen LogP contribution in [0.3, 0.4) is 0 Å². The molecule has 0 saturated carbocycles. The van der Waals surface area contributed by atoms with Gasteiger partial charge in [-0.05, 0) is 12.0 Å². The van der Waals surface area contributed by atoms with Crippen molar-refractivity contribution in [3.05, 3.63) is 35.9 Å². The monoisotopic (exact) mass is 340 g/mol. The van der Waals surface area contributed by atoms with E-state index in [1.807, 2.05) is 37.3 Å². The van der Waals surface area contributed by atoms with Crippen LogP contribution in [-0.2, 0) is 4.79 Å². The second-order valence-corrected chi connectivity index (χ2v) is 5.77. The maximum Gasteiger partial charge on any atom is 0.312 e. The predicted octanol–water partition coefficient (Wildman–Crippen LogP) is 1.20. The number of benzene rings is 1. The molecule has 3 atom stereocenters. The van der Waals surface area contributed by atoms with Gasteiger partial charge < -0.3 is 21.7 Å². The Hall–Kier alpha value is -1.79. The van der Waals surface area contributed by atoms with E-state index in [9.17, 15) is 9.59 Å². The lowest BCUT2D eigenvalue weighted by Crippen LogP contribution is -2.49. The highest BCUT2D eigenvalue weighted by Gasteiger charge is 2.36. The normalized spacial score (nSPS) is 21.4. The van der Waals surface area contributed by atoms with Gasteiger partial charge in [0.1, 0.15) is 6.04 Å². The molecule has 0 radical (unpaired) electrons. The molecular formula is C16H25ClN4O2. The largest absolute Gasteiger partial charge is 0.352 e. The van der Waals surface area contributed by atoms with E-state index >= 15 is 0 Å². The lowest BCUT2D eigenvalue weighted by atomic mass is 9.95. The van der Waals surface area contributed by atoms with Crippen molar-refractivity contribution in [2.24, 2.45) is 11.5 Å². The molecule has 1 aromatic carbocycles. The number of carbonyl (C=O) groups is 2. The van der Waals surface area contributed by atoms with E-state index in [0.717, 1.165) is 12.0 Å². The zero-order valence-corrected chi connectivity index (χ0v) is 14.1. The van der Waals surface area contributed by atoms with Crippen molar-refractivity contribution >= 4 is 24.3 Å². The van der Waals surface area contributed by atoms with E-state index in [-0.39, 0.29) is 30.3 Å². The fourth-order valence-corrected chi connectivity index (χ4v) is 3.00. The molecule has 3 amide bonds. The lowest BCUT2D eigenvalue weighted by molar-refractivity contribution is -0.132. The molecule has 0 aromatic heterocycles. The van der Waals surface area contributed by atoms with Crippen LogP contribution >= 0.6 is 12.4 Å². The van der Waals surface area contributed by atoms with Crippen LogP contribution in [0.15, 0.2) is 30.3 Å². The number of hydrogen-bond acceptors (Lipinski definition) is 3. The molecular weight excluding hydrogens is 316 g/mol. The zero-order valence-electron chi connectivity index (χ0n) is 13.3. The van der Waals surface area contributed by atoms with Gasteiger partial charge in [-0.25, -0.2) is 4.79 Å². The second kappa shape index (κ2) is 8.74. The second-order valence-electron chi connectivity index (χ2n) is 5.77. The van der Waals surface area contributed by atoms with Gasteiger partial charge in [0.15, 0.2) is 0 Å². The molecule has 7 heteroatoms. The van der Waals surface area contributed by atoms with Crippen molar-refractivity contribution in [2.45, 2.75) is 37.8 Å². The number of nitrogens with two attached hydrogens (primary N) is 2. The van der Waals surface area contributed by atoms with E-state index < -0.39 is 12.1 Å². The first kappa shape index (κ1) is 19.3. The molecule has 2 rings (SSSR count). The molecule has 1 aliphatic heterocycles. The summed E-state index contributed by atoms with van der Waals surface area (Å²) in [5.41, 5.74) is 12.5. The van der Waals surface area contributed by atoms with Gasteiger partial charge in [-0.2, -0.15) is 0 Å². The van der Waals surface area contributed by atoms with Crippen molar-refractivity contribution in [1.29, 1.82) is 0 Å². The van der Waals surface area contributed by atoms with E-state index in [2.05, 4.69) is 5.32 Å². The van der Waals surface area contributed by atoms with E-state index in [0.29, 0.717) is 19.5 Å². The van der Waals surface area contributed by atoms with Gasteiger partial charge in [0.05, 0.1) is 0 Å². The van der Waals surface area contributed by atoms with E-state index in [4.69, 9.17) is 11.5 Å². The van der Waals surface area contributed by atoms with Gasteiger partial charge >= 0.3 is 6.03 Å². The number of urea groups is 1. The summed E-state index contributed by atoms with van der Waals surface area (Å²) in [7, 11) is 0. The third-order valence-electron chi connectivity index (χ3n) is 4.10. The van der Waals surface area contributed by atoms with Gasteiger partial charge in [-0.1, -0.05) is 43.7 Å². The Morgan fingerprint density at radius 1 is 1.30 bits per heavy atom. The Morgan fingerprint density at radius 2 is 1.96 bits per heavy atom. The topological polar surface area (TPSA) is 101 Å². The first-order chi connectivity index (χ1) is 10.5. The molecule has 23 heavy (non-hydrogen) atoms. The molecule has 5 N–H and O–H groups in total. The molecule has 1 fully saturated rings. The molecule has 128 valence electrons. The summed E-state index contributed by atoms with van der Waals surface area (Å²) in [5.74, 6) is 0.0236. The number of primary amides is 1. The van der Waals surface area contributed by atoms with Gasteiger partial charge in [-0.3, -0.25) is 4.79 Å². The highest BCUT2D eigenvalue weighted by molar-refractivity contribution is 5.87. The van der Waals surface area contributed by atoms with Gasteiger partial charge in [-0.15, -0.1) is 12.4 Å². The molecule has 0 unspecified atom stereocenters. The number of carbonyl (C=O) groups excluding carboxylic acids is 2. The van der Waals surface area contributed by atoms with Crippen LogP contribution < -0.4 is 16.8 Å². The van der Waals surface area contributed by atoms with Crippen LogP contribution in [-0.4, -0.2) is 42.0 Å². The molecule has 0 aliphatic carbocycles. The quantitative estimate of drug-likeness (QED) is 0.750. The van der Waals surface area contributed by atoms with Crippen molar-refractivity contribution in [3.8, 4) is 0 Å². The predicted molar refractivity (Wildman–Crippen MR) is 92.4 cm³/mol. The summed E-state index contributed by atoms with van der Waals surface area (Å²) in [6, 6.07) is 8.64. The molecule has 6 nitrogen and oxygen atoms in total. The number of hydrogen-bond donors (Lipinski definition) is 3. The minimum absolute atomic E-state index is 0. The minimum atomic E-state index is -0.671. The summed E-state index contributed by atoms with van der Waals surface area (Å²) < 4.78 is 0.